The van der Waals surface area contributed by atoms with E-state index in [-0.39, 0.29) is 30.3 Å². The number of nitrogens with zero attached hydrogens (tertiary/aromatic N) is 3. The average Bonchev–Trinajstić information content (AvgIpc) is 3.36. The molecule has 33 heavy (non-hydrogen) atoms. The molecule has 1 aliphatic heterocycles. The molecule has 2 aliphatic carbocycles. The molecule has 9 nitrogen and oxygen atoms in total. The minimum Gasteiger partial charge on any atom is -0.447 e. The van der Waals surface area contributed by atoms with Crippen molar-refractivity contribution in [3.05, 3.63) is 23.2 Å². The lowest BCUT2D eigenvalue weighted by atomic mass is 9.86. The molecule has 2 saturated carbocycles. The van der Waals surface area contributed by atoms with Crippen LogP contribution in [0, 0.1) is 5.92 Å². The van der Waals surface area contributed by atoms with Crippen LogP contribution >= 0.6 is 11.6 Å². The van der Waals surface area contributed by atoms with E-state index < -0.39 is 28.2 Å². The Labute approximate surface area is 200 Å². The lowest BCUT2D eigenvalue weighted by molar-refractivity contribution is -0.0147. The molecule has 3 fully saturated rings. The first-order chi connectivity index (χ1) is 15.5. The first kappa shape index (κ1) is 24.6. The largest absolute Gasteiger partial charge is 0.447 e. The molecule has 0 unspecified atom stereocenters. The fraction of sp³-hybridized carbons (Fsp3) is 0.773. The van der Waals surface area contributed by atoms with Crippen molar-refractivity contribution in [3.63, 3.8) is 0 Å². The molecule has 0 spiro atoms. The van der Waals surface area contributed by atoms with Gasteiger partial charge in [-0.25, -0.2) is 27.9 Å². The van der Waals surface area contributed by atoms with Crippen LogP contribution in [0.25, 0.3) is 0 Å². The van der Waals surface area contributed by atoms with Crippen LogP contribution < -0.4 is 4.72 Å². The van der Waals surface area contributed by atoms with Crippen molar-refractivity contribution in [2.24, 2.45) is 5.92 Å². The van der Waals surface area contributed by atoms with E-state index in [1.165, 1.54) is 0 Å². The van der Waals surface area contributed by atoms with E-state index in [4.69, 9.17) is 21.1 Å². The first-order valence-electron chi connectivity index (χ1n) is 11.5. The van der Waals surface area contributed by atoms with Crippen molar-refractivity contribution in [2.75, 3.05) is 12.9 Å². The minimum atomic E-state index is -3.43. The second kappa shape index (κ2) is 9.28. The van der Waals surface area contributed by atoms with Gasteiger partial charge in [0.25, 0.3) is 0 Å². The smallest absolute Gasteiger partial charge is 0.410 e. The van der Waals surface area contributed by atoms with Gasteiger partial charge in [-0.2, -0.15) is 0 Å². The number of amides is 1. The summed E-state index contributed by atoms with van der Waals surface area (Å²) >= 11 is 5.94. The third-order valence-electron chi connectivity index (χ3n) is 7.06. The predicted molar refractivity (Wildman–Crippen MR) is 124 cm³/mol. The van der Waals surface area contributed by atoms with Crippen molar-refractivity contribution in [1.29, 1.82) is 0 Å². The topological polar surface area (TPSA) is 111 Å². The van der Waals surface area contributed by atoms with Gasteiger partial charge in [-0.15, -0.1) is 0 Å². The maximum absolute atomic E-state index is 12.8. The maximum Gasteiger partial charge on any atom is 0.410 e. The van der Waals surface area contributed by atoms with Crippen LogP contribution in [0.1, 0.15) is 58.7 Å². The van der Waals surface area contributed by atoms with Crippen LogP contribution in [0.4, 0.5) is 4.79 Å². The number of nitrogens with one attached hydrogen (secondary N) is 1. The summed E-state index contributed by atoms with van der Waals surface area (Å²) in [7, 11) is -3.43. The number of ether oxygens (including phenoxy) is 2. The van der Waals surface area contributed by atoms with Gasteiger partial charge in [0, 0.05) is 29.9 Å². The molecular weight excluding hydrogens is 468 g/mol. The summed E-state index contributed by atoms with van der Waals surface area (Å²) in [6, 6.07) is -0.999. The zero-order valence-corrected chi connectivity index (χ0v) is 21.1. The fourth-order valence-corrected chi connectivity index (χ4v) is 6.43. The predicted octanol–water partition coefficient (Wildman–Crippen LogP) is 2.88. The molecule has 3 aliphatic rings. The first-order valence-corrected chi connectivity index (χ1v) is 13.8. The zero-order valence-electron chi connectivity index (χ0n) is 19.5. The standard InChI is InChI=1S/C22H33ClN4O5S/c1-13(2)32-21(28)27-14(3)7-18(26-33(4,29)30)19(27)12-31-17-5-6-22(9-15(22)8-17)20-24-10-16(23)11-25-20/h10-11,13-15,17-19,26H,5-9,12H2,1-4H3/t14-,15+,17-,18+,19+,22+/m1/s1. The second-order valence-electron chi connectivity index (χ2n) is 10.0. The number of halogens is 1. The van der Waals surface area contributed by atoms with Gasteiger partial charge >= 0.3 is 6.09 Å². The number of carbonyl (C=O) groups excluding carboxylic acids is 1. The molecule has 0 radical (unpaired) electrons. The van der Waals surface area contributed by atoms with E-state index in [1.54, 1.807) is 31.1 Å². The number of sulfonamides is 1. The molecule has 0 bridgehead atoms. The number of carbonyl (C=O) groups is 1. The van der Waals surface area contributed by atoms with Crippen molar-refractivity contribution in [1.82, 2.24) is 19.6 Å². The van der Waals surface area contributed by atoms with Crippen LogP contribution in [0.2, 0.25) is 5.02 Å². The fourth-order valence-electron chi connectivity index (χ4n) is 5.53. The molecule has 0 aromatic carbocycles. The zero-order chi connectivity index (χ0) is 24.0. The Kier molecular flexibility index (Phi) is 6.93. The third kappa shape index (κ3) is 5.44. The van der Waals surface area contributed by atoms with E-state index in [1.807, 2.05) is 6.92 Å². The van der Waals surface area contributed by atoms with Crippen LogP contribution in [-0.4, -0.2) is 72.6 Å². The Morgan fingerprint density at radius 2 is 2.03 bits per heavy atom. The monoisotopic (exact) mass is 500 g/mol. The molecule has 184 valence electrons. The number of hydrogen-bond acceptors (Lipinski definition) is 7. The van der Waals surface area contributed by atoms with Gasteiger partial charge in [0.05, 0.1) is 36.1 Å². The molecular formula is C22H33ClN4O5S. The average molecular weight is 501 g/mol. The molecule has 2 heterocycles. The van der Waals surface area contributed by atoms with Gasteiger partial charge in [-0.3, -0.25) is 4.90 Å². The number of rotatable bonds is 7. The summed E-state index contributed by atoms with van der Waals surface area (Å²) in [5, 5.41) is 0.535. The molecule has 6 atom stereocenters. The van der Waals surface area contributed by atoms with Crippen LogP contribution in [0.5, 0.6) is 0 Å². The molecule has 1 amide bonds. The molecule has 1 aromatic rings. The maximum atomic E-state index is 12.8. The highest BCUT2D eigenvalue weighted by Crippen LogP contribution is 2.61. The Hall–Kier alpha value is -1.49. The Bertz CT molecular complexity index is 976. The summed E-state index contributed by atoms with van der Waals surface area (Å²) < 4.78 is 38.3. The normalized spacial score (nSPS) is 33.8. The van der Waals surface area contributed by atoms with Crippen LogP contribution in [0.15, 0.2) is 12.4 Å². The number of fused-ring (bicyclic) bond motifs is 1. The highest BCUT2D eigenvalue weighted by atomic mass is 35.5. The Balaban J connectivity index is 1.40. The second-order valence-corrected chi connectivity index (χ2v) is 12.2. The summed E-state index contributed by atoms with van der Waals surface area (Å²) in [5.74, 6) is 1.33. The van der Waals surface area contributed by atoms with Gasteiger partial charge in [0.1, 0.15) is 5.82 Å². The summed E-state index contributed by atoms with van der Waals surface area (Å²) in [6.45, 7) is 5.76. The van der Waals surface area contributed by atoms with E-state index in [0.29, 0.717) is 17.4 Å². The lowest BCUT2D eigenvalue weighted by Crippen LogP contribution is -2.50. The Morgan fingerprint density at radius 3 is 2.64 bits per heavy atom. The minimum absolute atomic E-state index is 0.0276. The van der Waals surface area contributed by atoms with E-state index in [9.17, 15) is 13.2 Å². The van der Waals surface area contributed by atoms with Gasteiger partial charge in [-0.05, 0) is 58.8 Å². The number of hydrogen-bond donors (Lipinski definition) is 1. The molecule has 1 saturated heterocycles. The van der Waals surface area contributed by atoms with Gasteiger partial charge in [0.2, 0.25) is 10.0 Å². The summed E-state index contributed by atoms with van der Waals surface area (Å²) in [4.78, 5) is 23.3. The highest BCUT2D eigenvalue weighted by Gasteiger charge is 2.60. The van der Waals surface area contributed by atoms with Gasteiger partial charge in [0.15, 0.2) is 0 Å². The summed E-state index contributed by atoms with van der Waals surface area (Å²) in [5.41, 5.74) is 0.0276. The Morgan fingerprint density at radius 1 is 1.33 bits per heavy atom. The molecule has 4 rings (SSSR count). The highest BCUT2D eigenvalue weighted by molar-refractivity contribution is 7.88. The lowest BCUT2D eigenvalue weighted by Gasteiger charge is -2.33. The van der Waals surface area contributed by atoms with E-state index in [0.717, 1.165) is 37.8 Å². The van der Waals surface area contributed by atoms with Crippen LogP contribution in [-0.2, 0) is 24.9 Å². The number of likely N-dealkylation sites (tertiary alicyclic amines) is 1. The van der Waals surface area contributed by atoms with Crippen LogP contribution in [0.3, 0.4) is 0 Å². The van der Waals surface area contributed by atoms with E-state index >= 15 is 0 Å². The van der Waals surface area contributed by atoms with Crippen molar-refractivity contribution in [3.8, 4) is 0 Å². The van der Waals surface area contributed by atoms with Crippen molar-refractivity contribution < 1.29 is 22.7 Å². The molecule has 1 N–H and O–H groups in total. The van der Waals surface area contributed by atoms with Crippen molar-refractivity contribution in [2.45, 2.75) is 88.6 Å². The SMILES string of the molecule is CC(C)OC(=O)N1[C@H](C)C[C@H](NS(C)(=O)=O)[C@@H]1CO[C@@H]1CC[C@]2(c3ncc(Cl)cn3)C[C@@H]2C1. The van der Waals surface area contributed by atoms with Gasteiger partial charge < -0.3 is 9.47 Å². The van der Waals surface area contributed by atoms with Crippen molar-refractivity contribution >= 4 is 27.7 Å². The van der Waals surface area contributed by atoms with E-state index in [2.05, 4.69) is 14.7 Å². The summed E-state index contributed by atoms with van der Waals surface area (Å²) in [6.07, 6.45) is 8.05. The molecule has 1 aromatic heterocycles. The third-order valence-corrected chi connectivity index (χ3v) is 7.99. The van der Waals surface area contributed by atoms with Gasteiger partial charge in [-0.1, -0.05) is 11.6 Å². The number of aromatic nitrogens is 2. The quantitative estimate of drug-likeness (QED) is 0.612. The molecule has 11 heteroatoms.